The Balaban J connectivity index is 2.73. The average molecular weight is 245 g/mol. The molecule has 1 N–H and O–H groups in total. The number of carbonyl (C=O) groups excluding carboxylic acids is 1. The van der Waals surface area contributed by atoms with Crippen LogP contribution in [0.25, 0.3) is 0 Å². The maximum Gasteiger partial charge on any atom is 0.327 e. The summed E-state index contributed by atoms with van der Waals surface area (Å²) >= 11 is 1.81. The van der Waals surface area contributed by atoms with Crippen LogP contribution in [-0.2, 0) is 9.53 Å². The third-order valence-corrected chi connectivity index (χ3v) is 4.01. The Bertz CT molecular complexity index is 231. The standard InChI is InChI=1S/C12H23NO2S/c1-4-13-12(9-16-6-3,10-7-8-10)11(14)15-5-2/h10,13H,4-9H2,1-3H3. The van der Waals surface area contributed by atoms with E-state index >= 15 is 0 Å². The van der Waals surface area contributed by atoms with Crippen LogP contribution in [-0.4, -0.2) is 36.2 Å². The second-order valence-corrected chi connectivity index (χ2v) is 5.41. The average Bonchev–Trinajstić information content (AvgIpc) is 3.08. The summed E-state index contributed by atoms with van der Waals surface area (Å²) in [5.41, 5.74) is -0.425. The largest absolute Gasteiger partial charge is 0.465 e. The summed E-state index contributed by atoms with van der Waals surface area (Å²) in [4.78, 5) is 12.1. The van der Waals surface area contributed by atoms with Gasteiger partial charge >= 0.3 is 5.97 Å². The summed E-state index contributed by atoms with van der Waals surface area (Å²) in [6.45, 7) is 7.33. The second-order valence-electron chi connectivity index (χ2n) is 4.13. The summed E-state index contributed by atoms with van der Waals surface area (Å²) < 4.78 is 5.24. The van der Waals surface area contributed by atoms with Crippen LogP contribution in [0.1, 0.15) is 33.6 Å². The van der Waals surface area contributed by atoms with Gasteiger partial charge in [-0.2, -0.15) is 11.8 Å². The Labute approximate surface area is 103 Å². The highest BCUT2D eigenvalue weighted by Crippen LogP contribution is 2.42. The Kier molecular flexibility index (Phi) is 5.62. The van der Waals surface area contributed by atoms with E-state index in [4.69, 9.17) is 4.74 Å². The van der Waals surface area contributed by atoms with Gasteiger partial charge in [-0.25, -0.2) is 0 Å². The molecule has 1 atom stereocenters. The molecule has 0 aromatic carbocycles. The van der Waals surface area contributed by atoms with Crippen LogP contribution in [0.15, 0.2) is 0 Å². The lowest BCUT2D eigenvalue weighted by Crippen LogP contribution is -2.57. The number of esters is 1. The molecular formula is C12H23NO2S. The molecule has 0 saturated heterocycles. The predicted octanol–water partition coefficient (Wildman–Crippen LogP) is 2.06. The number of carbonyl (C=O) groups is 1. The first-order valence-corrected chi connectivity index (χ1v) is 7.36. The van der Waals surface area contributed by atoms with E-state index in [1.54, 1.807) is 0 Å². The number of ether oxygens (including phenoxy) is 1. The molecule has 4 heteroatoms. The van der Waals surface area contributed by atoms with Crippen LogP contribution >= 0.6 is 11.8 Å². The molecule has 1 rings (SSSR count). The zero-order valence-corrected chi connectivity index (χ0v) is 11.4. The van der Waals surface area contributed by atoms with Gasteiger partial charge < -0.3 is 10.1 Å². The van der Waals surface area contributed by atoms with Gasteiger partial charge in [0.15, 0.2) is 0 Å². The van der Waals surface area contributed by atoms with Gasteiger partial charge in [-0.3, -0.25) is 4.79 Å². The summed E-state index contributed by atoms with van der Waals surface area (Å²) in [6, 6.07) is 0. The van der Waals surface area contributed by atoms with E-state index in [1.807, 2.05) is 25.6 Å². The van der Waals surface area contributed by atoms with Gasteiger partial charge in [0, 0.05) is 5.75 Å². The van der Waals surface area contributed by atoms with Crippen molar-refractivity contribution < 1.29 is 9.53 Å². The van der Waals surface area contributed by atoms with Crippen LogP contribution in [0.4, 0.5) is 0 Å². The fraction of sp³-hybridized carbons (Fsp3) is 0.917. The monoisotopic (exact) mass is 245 g/mol. The molecule has 94 valence electrons. The van der Waals surface area contributed by atoms with Crippen molar-refractivity contribution in [2.75, 3.05) is 24.7 Å². The van der Waals surface area contributed by atoms with Crippen LogP contribution in [0.5, 0.6) is 0 Å². The molecule has 0 aromatic rings. The number of nitrogens with one attached hydrogen (secondary N) is 1. The highest BCUT2D eigenvalue weighted by atomic mass is 32.2. The predicted molar refractivity (Wildman–Crippen MR) is 68.8 cm³/mol. The summed E-state index contributed by atoms with van der Waals surface area (Å²) in [7, 11) is 0. The highest BCUT2D eigenvalue weighted by Gasteiger charge is 2.51. The van der Waals surface area contributed by atoms with Crippen molar-refractivity contribution in [3.05, 3.63) is 0 Å². The quantitative estimate of drug-likeness (QED) is 0.664. The number of likely N-dealkylation sites (N-methyl/N-ethyl adjacent to an activating group) is 1. The number of thioether (sulfide) groups is 1. The van der Waals surface area contributed by atoms with E-state index in [0.29, 0.717) is 12.5 Å². The van der Waals surface area contributed by atoms with Gasteiger partial charge in [-0.1, -0.05) is 13.8 Å². The fourth-order valence-electron chi connectivity index (χ4n) is 2.03. The van der Waals surface area contributed by atoms with Crippen LogP contribution in [0, 0.1) is 5.92 Å². The molecule has 1 fully saturated rings. The van der Waals surface area contributed by atoms with E-state index in [-0.39, 0.29) is 5.97 Å². The van der Waals surface area contributed by atoms with Crippen molar-refractivity contribution in [2.24, 2.45) is 5.92 Å². The summed E-state index contributed by atoms with van der Waals surface area (Å²) in [5.74, 6) is 2.30. The Hall–Kier alpha value is -0.220. The molecule has 0 heterocycles. The molecule has 0 radical (unpaired) electrons. The third-order valence-electron chi connectivity index (χ3n) is 2.94. The molecule has 0 amide bonds. The molecule has 0 spiro atoms. The first kappa shape index (κ1) is 13.8. The minimum Gasteiger partial charge on any atom is -0.465 e. The molecule has 1 aliphatic rings. The van der Waals surface area contributed by atoms with Crippen molar-refractivity contribution in [1.82, 2.24) is 5.32 Å². The lowest BCUT2D eigenvalue weighted by atomic mass is 9.95. The van der Waals surface area contributed by atoms with Crippen molar-refractivity contribution >= 4 is 17.7 Å². The fourth-order valence-corrected chi connectivity index (χ4v) is 3.01. The van der Waals surface area contributed by atoms with Gasteiger partial charge in [0.2, 0.25) is 0 Å². The van der Waals surface area contributed by atoms with Crippen LogP contribution in [0.3, 0.4) is 0 Å². The van der Waals surface area contributed by atoms with Gasteiger partial charge in [-0.05, 0) is 38.0 Å². The number of hydrogen-bond acceptors (Lipinski definition) is 4. The van der Waals surface area contributed by atoms with E-state index in [1.165, 1.54) is 0 Å². The summed E-state index contributed by atoms with van der Waals surface area (Å²) in [5, 5.41) is 3.38. The molecule has 1 saturated carbocycles. The van der Waals surface area contributed by atoms with Gasteiger partial charge in [-0.15, -0.1) is 0 Å². The molecule has 3 nitrogen and oxygen atoms in total. The Morgan fingerprint density at radius 1 is 1.44 bits per heavy atom. The van der Waals surface area contributed by atoms with E-state index in [2.05, 4.69) is 12.2 Å². The molecule has 16 heavy (non-hydrogen) atoms. The highest BCUT2D eigenvalue weighted by molar-refractivity contribution is 7.99. The van der Waals surface area contributed by atoms with Crippen molar-refractivity contribution in [3.8, 4) is 0 Å². The Morgan fingerprint density at radius 3 is 2.56 bits per heavy atom. The van der Waals surface area contributed by atoms with Gasteiger partial charge in [0.1, 0.15) is 5.54 Å². The molecule has 0 aliphatic heterocycles. The van der Waals surface area contributed by atoms with E-state index < -0.39 is 5.54 Å². The van der Waals surface area contributed by atoms with Crippen LogP contribution in [0.2, 0.25) is 0 Å². The number of rotatable bonds is 8. The molecule has 0 aromatic heterocycles. The van der Waals surface area contributed by atoms with E-state index in [9.17, 15) is 4.79 Å². The maximum absolute atomic E-state index is 12.1. The second kappa shape index (κ2) is 6.50. The van der Waals surface area contributed by atoms with Crippen molar-refractivity contribution in [3.63, 3.8) is 0 Å². The normalized spacial score (nSPS) is 19.2. The molecule has 1 aliphatic carbocycles. The number of hydrogen-bond donors (Lipinski definition) is 1. The topological polar surface area (TPSA) is 38.3 Å². The lowest BCUT2D eigenvalue weighted by molar-refractivity contribution is -0.151. The zero-order chi connectivity index (χ0) is 12.0. The SMILES string of the molecule is CCNC(CSCC)(C(=O)OCC)C1CC1. The van der Waals surface area contributed by atoms with Crippen molar-refractivity contribution in [2.45, 2.75) is 39.2 Å². The van der Waals surface area contributed by atoms with Crippen molar-refractivity contribution in [1.29, 1.82) is 0 Å². The third kappa shape index (κ3) is 3.14. The molecule has 1 unspecified atom stereocenters. The lowest BCUT2D eigenvalue weighted by Gasteiger charge is -2.32. The van der Waals surface area contributed by atoms with Gasteiger partial charge in [0.25, 0.3) is 0 Å². The zero-order valence-electron chi connectivity index (χ0n) is 10.5. The minimum absolute atomic E-state index is 0.0553. The Morgan fingerprint density at radius 2 is 2.12 bits per heavy atom. The molecule has 0 bridgehead atoms. The molecular weight excluding hydrogens is 222 g/mol. The van der Waals surface area contributed by atoms with E-state index in [0.717, 1.165) is 30.9 Å². The minimum atomic E-state index is -0.425. The smallest absolute Gasteiger partial charge is 0.327 e. The van der Waals surface area contributed by atoms with Crippen LogP contribution < -0.4 is 5.32 Å². The summed E-state index contributed by atoms with van der Waals surface area (Å²) in [6.07, 6.45) is 2.30. The first-order chi connectivity index (χ1) is 7.71. The maximum atomic E-state index is 12.1. The van der Waals surface area contributed by atoms with Gasteiger partial charge in [0.05, 0.1) is 6.61 Å². The first-order valence-electron chi connectivity index (χ1n) is 6.21.